The lowest BCUT2D eigenvalue weighted by atomic mass is 10.1. The maximum Gasteiger partial charge on any atom is 0.262 e. The third-order valence-electron chi connectivity index (χ3n) is 5.28. The molecule has 0 aliphatic carbocycles. The number of thioether (sulfide) groups is 1. The van der Waals surface area contributed by atoms with Crippen molar-refractivity contribution in [2.24, 2.45) is 0 Å². The second-order valence-electron chi connectivity index (χ2n) is 7.24. The maximum atomic E-state index is 13.2. The molecule has 3 aromatic rings. The van der Waals surface area contributed by atoms with Crippen molar-refractivity contribution in [2.45, 2.75) is 30.6 Å². The largest absolute Gasteiger partial charge is 0.497 e. The highest BCUT2D eigenvalue weighted by Crippen LogP contribution is 2.27. The molecule has 1 aliphatic heterocycles. The zero-order chi connectivity index (χ0) is 21.8. The molecule has 31 heavy (non-hydrogen) atoms. The van der Waals surface area contributed by atoms with E-state index in [-0.39, 0.29) is 23.2 Å². The molecule has 1 saturated heterocycles. The summed E-state index contributed by atoms with van der Waals surface area (Å²) in [4.78, 5) is 30.8. The van der Waals surface area contributed by atoms with Gasteiger partial charge in [-0.15, -0.1) is 0 Å². The summed E-state index contributed by atoms with van der Waals surface area (Å²) in [5, 5.41) is 1.08. The topological polar surface area (TPSA) is 79.7 Å². The lowest BCUT2D eigenvalue weighted by molar-refractivity contribution is 0.0937. The highest BCUT2D eigenvalue weighted by Gasteiger charge is 2.21. The molecule has 1 aromatic heterocycles. The van der Waals surface area contributed by atoms with Gasteiger partial charge in [0.1, 0.15) is 11.5 Å². The first-order valence-corrected chi connectivity index (χ1v) is 11.1. The molecule has 0 N–H and O–H groups in total. The number of carbonyl (C=O) groups excluding carboxylic acids is 1. The van der Waals surface area contributed by atoms with Crippen molar-refractivity contribution >= 4 is 28.4 Å². The van der Waals surface area contributed by atoms with Crippen LogP contribution in [0.1, 0.15) is 23.2 Å². The number of aromatic nitrogens is 2. The van der Waals surface area contributed by atoms with Crippen molar-refractivity contribution in [1.29, 1.82) is 0 Å². The summed E-state index contributed by atoms with van der Waals surface area (Å²) in [5.41, 5.74) is 0.968. The molecule has 1 fully saturated rings. The standard InChI is InChI=1S/C23H24N2O5S/c1-28-15-9-10-18(21(12-15)29-2)20(26)14-31-23-24-19-8-4-3-7-17(19)22(27)25(23)13-16-6-5-11-30-16/h3-4,7-10,12,16H,5-6,11,13-14H2,1-2H3. The van der Waals surface area contributed by atoms with Gasteiger partial charge in [-0.25, -0.2) is 4.98 Å². The number of nitrogens with zero attached hydrogens (tertiary/aromatic N) is 2. The van der Waals surface area contributed by atoms with Crippen LogP contribution < -0.4 is 15.0 Å². The van der Waals surface area contributed by atoms with E-state index in [9.17, 15) is 9.59 Å². The van der Waals surface area contributed by atoms with Crippen LogP contribution >= 0.6 is 11.8 Å². The quantitative estimate of drug-likeness (QED) is 0.301. The number of benzene rings is 2. The number of carbonyl (C=O) groups is 1. The summed E-state index contributed by atoms with van der Waals surface area (Å²) in [5.74, 6) is 1.07. The van der Waals surface area contributed by atoms with E-state index in [4.69, 9.17) is 14.2 Å². The molecule has 0 spiro atoms. The Bertz CT molecular complexity index is 1150. The smallest absolute Gasteiger partial charge is 0.262 e. The third-order valence-corrected chi connectivity index (χ3v) is 6.25. The van der Waals surface area contributed by atoms with Crippen LogP contribution in [0, 0.1) is 0 Å². The number of rotatable bonds is 8. The van der Waals surface area contributed by atoms with Crippen molar-refractivity contribution in [3.8, 4) is 11.5 Å². The van der Waals surface area contributed by atoms with E-state index < -0.39 is 0 Å². The minimum atomic E-state index is -0.115. The van der Waals surface area contributed by atoms with Crippen molar-refractivity contribution in [3.05, 3.63) is 58.4 Å². The average molecular weight is 441 g/mol. The minimum Gasteiger partial charge on any atom is -0.497 e. The summed E-state index contributed by atoms with van der Waals surface area (Å²) in [6, 6.07) is 12.4. The highest BCUT2D eigenvalue weighted by molar-refractivity contribution is 7.99. The molecule has 2 heterocycles. The van der Waals surface area contributed by atoms with Crippen molar-refractivity contribution < 1.29 is 19.0 Å². The van der Waals surface area contributed by atoms with Crippen LogP contribution in [-0.4, -0.2) is 48.0 Å². The fourth-order valence-electron chi connectivity index (χ4n) is 3.65. The van der Waals surface area contributed by atoms with Gasteiger partial charge in [0.15, 0.2) is 10.9 Å². The van der Waals surface area contributed by atoms with E-state index in [2.05, 4.69) is 4.98 Å². The van der Waals surface area contributed by atoms with Gasteiger partial charge in [-0.2, -0.15) is 0 Å². The Balaban J connectivity index is 1.63. The Morgan fingerprint density at radius 3 is 2.81 bits per heavy atom. The lowest BCUT2D eigenvalue weighted by Crippen LogP contribution is -2.29. The van der Waals surface area contributed by atoms with Crippen molar-refractivity contribution in [3.63, 3.8) is 0 Å². The number of methoxy groups -OCH3 is 2. The molecule has 0 saturated carbocycles. The predicted octanol–water partition coefficient (Wildman–Crippen LogP) is 3.57. The Labute approximate surface area is 184 Å². The zero-order valence-electron chi connectivity index (χ0n) is 17.5. The van der Waals surface area contributed by atoms with E-state index in [1.54, 1.807) is 35.9 Å². The second kappa shape index (κ2) is 9.53. The summed E-state index contributed by atoms with van der Waals surface area (Å²) in [7, 11) is 3.08. The van der Waals surface area contributed by atoms with Crippen molar-refractivity contribution in [2.75, 3.05) is 26.6 Å². The SMILES string of the molecule is COc1ccc(C(=O)CSc2nc3ccccc3c(=O)n2CC2CCCO2)c(OC)c1. The molecular weight excluding hydrogens is 416 g/mol. The predicted molar refractivity (Wildman–Crippen MR) is 120 cm³/mol. The summed E-state index contributed by atoms with van der Waals surface area (Å²) in [6.45, 7) is 1.14. The average Bonchev–Trinajstić information content (AvgIpc) is 3.32. The van der Waals surface area contributed by atoms with E-state index in [0.29, 0.717) is 46.3 Å². The van der Waals surface area contributed by atoms with E-state index in [0.717, 1.165) is 12.8 Å². The second-order valence-corrected chi connectivity index (χ2v) is 8.18. The Morgan fingerprint density at radius 2 is 2.06 bits per heavy atom. The first-order chi connectivity index (χ1) is 15.1. The van der Waals surface area contributed by atoms with Gasteiger partial charge in [0.2, 0.25) is 0 Å². The van der Waals surface area contributed by atoms with Crippen LogP contribution in [0.3, 0.4) is 0 Å². The Kier molecular flexibility index (Phi) is 6.58. The monoisotopic (exact) mass is 440 g/mol. The van der Waals surface area contributed by atoms with Gasteiger partial charge in [-0.05, 0) is 37.1 Å². The molecule has 162 valence electrons. The van der Waals surface area contributed by atoms with Crippen LogP contribution in [0.4, 0.5) is 0 Å². The van der Waals surface area contributed by atoms with E-state index in [1.807, 2.05) is 18.2 Å². The van der Waals surface area contributed by atoms with Crippen LogP contribution in [0.15, 0.2) is 52.4 Å². The van der Waals surface area contributed by atoms with Gasteiger partial charge in [0, 0.05) is 12.7 Å². The van der Waals surface area contributed by atoms with Gasteiger partial charge < -0.3 is 14.2 Å². The minimum absolute atomic E-state index is 0.0163. The number of hydrogen-bond donors (Lipinski definition) is 0. The fourth-order valence-corrected chi connectivity index (χ4v) is 4.54. The van der Waals surface area contributed by atoms with Gasteiger partial charge in [0.25, 0.3) is 5.56 Å². The normalized spacial score (nSPS) is 15.9. The molecular formula is C23H24N2O5S. The number of para-hydroxylation sites is 1. The molecule has 1 aliphatic rings. The van der Waals surface area contributed by atoms with Gasteiger partial charge >= 0.3 is 0 Å². The molecule has 0 amide bonds. The first-order valence-electron chi connectivity index (χ1n) is 10.1. The van der Waals surface area contributed by atoms with Crippen molar-refractivity contribution in [1.82, 2.24) is 9.55 Å². The third kappa shape index (κ3) is 4.60. The fraction of sp³-hybridized carbons (Fsp3) is 0.348. The van der Waals surface area contributed by atoms with E-state index >= 15 is 0 Å². The molecule has 1 atom stereocenters. The molecule has 7 nitrogen and oxygen atoms in total. The number of fused-ring (bicyclic) bond motifs is 1. The van der Waals surface area contributed by atoms with Crippen LogP contribution in [0.25, 0.3) is 10.9 Å². The number of hydrogen-bond acceptors (Lipinski definition) is 7. The summed E-state index contributed by atoms with van der Waals surface area (Å²) in [6.07, 6.45) is 1.88. The van der Waals surface area contributed by atoms with Crippen LogP contribution in [0.5, 0.6) is 11.5 Å². The Hall–Kier alpha value is -2.84. The summed E-state index contributed by atoms with van der Waals surface area (Å²) >= 11 is 1.25. The number of ketones is 1. The lowest BCUT2D eigenvalue weighted by Gasteiger charge is -2.16. The number of ether oxygens (including phenoxy) is 3. The molecule has 1 unspecified atom stereocenters. The van der Waals surface area contributed by atoms with Crippen LogP contribution in [0.2, 0.25) is 0 Å². The van der Waals surface area contributed by atoms with Gasteiger partial charge in [-0.3, -0.25) is 14.2 Å². The maximum absolute atomic E-state index is 13.2. The molecule has 4 rings (SSSR count). The summed E-state index contributed by atoms with van der Waals surface area (Å²) < 4.78 is 17.9. The highest BCUT2D eigenvalue weighted by atomic mass is 32.2. The zero-order valence-corrected chi connectivity index (χ0v) is 18.3. The van der Waals surface area contributed by atoms with Gasteiger partial charge in [-0.1, -0.05) is 23.9 Å². The molecule has 2 aromatic carbocycles. The molecule has 0 bridgehead atoms. The van der Waals surface area contributed by atoms with Gasteiger partial charge in [0.05, 0.1) is 49.1 Å². The molecule has 8 heteroatoms. The molecule has 0 radical (unpaired) electrons. The van der Waals surface area contributed by atoms with Crippen LogP contribution in [-0.2, 0) is 11.3 Å². The number of Topliss-reactive ketones (excluding diaryl/α,β-unsaturated/α-hetero) is 1. The first kappa shape index (κ1) is 21.4. The Morgan fingerprint density at radius 1 is 1.23 bits per heavy atom. The van der Waals surface area contributed by atoms with E-state index in [1.165, 1.54) is 18.9 Å².